The Balaban J connectivity index is 1.43. The van der Waals surface area contributed by atoms with E-state index in [1.807, 2.05) is 17.0 Å². The number of carbonyl (C=O) groups is 2. The third-order valence-corrected chi connectivity index (χ3v) is 5.82. The Labute approximate surface area is 169 Å². The maximum absolute atomic E-state index is 13.9. The second-order valence-electron chi connectivity index (χ2n) is 6.85. The third-order valence-electron chi connectivity index (χ3n) is 4.74. The van der Waals surface area contributed by atoms with Gasteiger partial charge < -0.3 is 10.2 Å². The SMILES string of the molecule is O=C(/C=C/c1ccc(-c2ccccc2F)s1)NCCCN1CCCCCC1=O. The quantitative estimate of drug-likeness (QED) is 0.550. The Kier molecular flexibility index (Phi) is 7.37. The van der Waals surface area contributed by atoms with Gasteiger partial charge in [0.05, 0.1) is 0 Å². The maximum Gasteiger partial charge on any atom is 0.244 e. The van der Waals surface area contributed by atoms with E-state index in [0.717, 1.165) is 42.0 Å². The number of nitrogens with one attached hydrogen (secondary N) is 1. The lowest BCUT2D eigenvalue weighted by Gasteiger charge is -2.20. The van der Waals surface area contributed by atoms with Gasteiger partial charge in [0, 0.05) is 47.4 Å². The van der Waals surface area contributed by atoms with Gasteiger partial charge in [-0.3, -0.25) is 9.59 Å². The monoisotopic (exact) mass is 400 g/mol. The van der Waals surface area contributed by atoms with Crippen LogP contribution in [0.15, 0.2) is 42.5 Å². The molecule has 0 saturated carbocycles. The summed E-state index contributed by atoms with van der Waals surface area (Å²) in [5, 5.41) is 2.85. The molecule has 1 aliphatic heterocycles. The molecule has 2 aromatic rings. The number of rotatable bonds is 7. The molecule has 0 spiro atoms. The van der Waals surface area contributed by atoms with Crippen molar-refractivity contribution >= 4 is 29.2 Å². The lowest BCUT2D eigenvalue weighted by Crippen LogP contribution is -2.33. The minimum Gasteiger partial charge on any atom is -0.352 e. The zero-order valence-corrected chi connectivity index (χ0v) is 16.6. The second kappa shape index (κ2) is 10.2. The van der Waals surface area contributed by atoms with E-state index in [1.165, 1.54) is 23.5 Å². The van der Waals surface area contributed by atoms with Gasteiger partial charge in [-0.1, -0.05) is 24.6 Å². The largest absolute Gasteiger partial charge is 0.352 e. The molecule has 1 aromatic heterocycles. The van der Waals surface area contributed by atoms with Gasteiger partial charge >= 0.3 is 0 Å². The van der Waals surface area contributed by atoms with Crippen LogP contribution < -0.4 is 5.32 Å². The molecule has 2 heterocycles. The van der Waals surface area contributed by atoms with Crippen LogP contribution in [0.2, 0.25) is 0 Å². The lowest BCUT2D eigenvalue weighted by molar-refractivity contribution is -0.130. The maximum atomic E-state index is 13.9. The molecule has 1 fully saturated rings. The molecule has 1 aromatic carbocycles. The lowest BCUT2D eigenvalue weighted by atomic mass is 10.2. The second-order valence-corrected chi connectivity index (χ2v) is 7.97. The van der Waals surface area contributed by atoms with Crippen molar-refractivity contribution in [2.75, 3.05) is 19.6 Å². The van der Waals surface area contributed by atoms with Crippen molar-refractivity contribution < 1.29 is 14.0 Å². The van der Waals surface area contributed by atoms with Crippen molar-refractivity contribution in [3.05, 3.63) is 53.2 Å². The Morgan fingerprint density at radius 3 is 2.89 bits per heavy atom. The summed E-state index contributed by atoms with van der Waals surface area (Å²) in [4.78, 5) is 27.5. The molecule has 0 radical (unpaired) electrons. The van der Waals surface area contributed by atoms with Gasteiger partial charge in [0.15, 0.2) is 0 Å². The highest BCUT2D eigenvalue weighted by molar-refractivity contribution is 7.16. The molecule has 148 valence electrons. The summed E-state index contributed by atoms with van der Waals surface area (Å²) in [5.41, 5.74) is 0.569. The molecule has 3 rings (SSSR count). The number of halogens is 1. The van der Waals surface area contributed by atoms with Gasteiger partial charge in [0.25, 0.3) is 0 Å². The first-order valence-electron chi connectivity index (χ1n) is 9.72. The molecule has 0 aliphatic carbocycles. The summed E-state index contributed by atoms with van der Waals surface area (Å²) in [7, 11) is 0. The number of thiophene rings is 1. The normalized spacial score (nSPS) is 15.0. The molecular weight excluding hydrogens is 375 g/mol. The van der Waals surface area contributed by atoms with Crippen molar-refractivity contribution in [3.8, 4) is 10.4 Å². The molecule has 4 nitrogen and oxygen atoms in total. The zero-order valence-electron chi connectivity index (χ0n) is 15.8. The minimum atomic E-state index is -0.250. The van der Waals surface area contributed by atoms with Crippen molar-refractivity contribution in [3.63, 3.8) is 0 Å². The fraction of sp³-hybridized carbons (Fsp3) is 0.364. The van der Waals surface area contributed by atoms with Crippen molar-refractivity contribution in [1.29, 1.82) is 0 Å². The molecule has 1 saturated heterocycles. The summed E-state index contributed by atoms with van der Waals surface area (Å²) < 4.78 is 13.9. The van der Waals surface area contributed by atoms with E-state index in [1.54, 1.807) is 24.3 Å². The van der Waals surface area contributed by atoms with Crippen LogP contribution in [0.5, 0.6) is 0 Å². The summed E-state index contributed by atoms with van der Waals surface area (Å²) in [6.07, 6.45) is 7.79. The Hall–Kier alpha value is -2.47. The number of hydrogen-bond donors (Lipinski definition) is 1. The number of carbonyl (C=O) groups excluding carboxylic acids is 2. The fourth-order valence-electron chi connectivity index (χ4n) is 3.22. The first kappa shape index (κ1) is 20.3. The first-order valence-corrected chi connectivity index (χ1v) is 10.5. The molecule has 0 atom stereocenters. The number of amides is 2. The molecule has 2 amide bonds. The Bertz CT molecular complexity index is 847. The molecular formula is C22H25FN2O2S. The fourth-order valence-corrected chi connectivity index (χ4v) is 4.16. The summed E-state index contributed by atoms with van der Waals surface area (Å²) >= 11 is 1.44. The van der Waals surface area contributed by atoms with Crippen LogP contribution in [0.1, 0.15) is 37.0 Å². The molecule has 0 bridgehead atoms. The smallest absolute Gasteiger partial charge is 0.244 e. The predicted octanol–water partition coefficient (Wildman–Crippen LogP) is 4.48. The summed E-state index contributed by atoms with van der Waals surface area (Å²) in [6.45, 7) is 2.06. The van der Waals surface area contributed by atoms with Crippen LogP contribution in [0, 0.1) is 5.82 Å². The standard InChI is InChI=1S/C22H25FN2O2S/c23-19-8-4-3-7-18(19)20-12-10-17(28-20)11-13-21(26)24-14-6-16-25-15-5-1-2-9-22(25)27/h3-4,7-8,10-13H,1-2,5-6,9,14-16H2,(H,24,26)/b13-11+. The Morgan fingerprint density at radius 2 is 2.04 bits per heavy atom. The average molecular weight is 401 g/mol. The van der Waals surface area contributed by atoms with Gasteiger partial charge in [-0.2, -0.15) is 0 Å². The minimum absolute atomic E-state index is 0.164. The molecule has 1 N–H and O–H groups in total. The van der Waals surface area contributed by atoms with Gasteiger partial charge in [-0.15, -0.1) is 11.3 Å². The van der Waals surface area contributed by atoms with E-state index in [4.69, 9.17) is 0 Å². The Morgan fingerprint density at radius 1 is 1.18 bits per heavy atom. The van der Waals surface area contributed by atoms with E-state index in [-0.39, 0.29) is 17.6 Å². The summed E-state index contributed by atoms with van der Waals surface area (Å²) in [6, 6.07) is 10.4. The van der Waals surface area contributed by atoms with Crippen LogP contribution in [0.3, 0.4) is 0 Å². The van der Waals surface area contributed by atoms with Gasteiger partial charge in [-0.25, -0.2) is 4.39 Å². The van der Waals surface area contributed by atoms with Crippen molar-refractivity contribution in [2.24, 2.45) is 0 Å². The molecule has 0 unspecified atom stereocenters. The number of benzene rings is 1. The van der Waals surface area contributed by atoms with Gasteiger partial charge in [-0.05, 0) is 43.5 Å². The first-order chi connectivity index (χ1) is 13.6. The van der Waals surface area contributed by atoms with E-state index in [2.05, 4.69) is 5.32 Å². The van der Waals surface area contributed by atoms with Crippen LogP contribution in [0.25, 0.3) is 16.5 Å². The topological polar surface area (TPSA) is 49.4 Å². The predicted molar refractivity (Wildman–Crippen MR) is 111 cm³/mol. The van der Waals surface area contributed by atoms with Crippen molar-refractivity contribution in [1.82, 2.24) is 10.2 Å². The molecule has 6 heteroatoms. The zero-order chi connectivity index (χ0) is 19.8. The summed E-state index contributed by atoms with van der Waals surface area (Å²) in [5.74, 6) is -0.185. The highest BCUT2D eigenvalue weighted by atomic mass is 32.1. The third kappa shape index (κ3) is 5.76. The van der Waals surface area contributed by atoms with E-state index in [9.17, 15) is 14.0 Å². The molecule has 28 heavy (non-hydrogen) atoms. The van der Waals surface area contributed by atoms with E-state index >= 15 is 0 Å². The van der Waals surface area contributed by atoms with Gasteiger partial charge in [0.1, 0.15) is 5.82 Å². The van der Waals surface area contributed by atoms with Crippen LogP contribution in [-0.2, 0) is 9.59 Å². The number of hydrogen-bond acceptors (Lipinski definition) is 3. The highest BCUT2D eigenvalue weighted by Crippen LogP contribution is 2.30. The van der Waals surface area contributed by atoms with Crippen molar-refractivity contribution in [2.45, 2.75) is 32.1 Å². The van der Waals surface area contributed by atoms with Crippen LogP contribution in [-0.4, -0.2) is 36.3 Å². The highest BCUT2D eigenvalue weighted by Gasteiger charge is 2.15. The number of likely N-dealkylation sites (tertiary alicyclic amines) is 1. The number of nitrogens with zero attached hydrogens (tertiary/aromatic N) is 1. The van der Waals surface area contributed by atoms with E-state index < -0.39 is 0 Å². The van der Waals surface area contributed by atoms with Gasteiger partial charge in [0.2, 0.25) is 11.8 Å². The molecule has 1 aliphatic rings. The van der Waals surface area contributed by atoms with E-state index in [0.29, 0.717) is 25.1 Å². The van der Waals surface area contributed by atoms with Crippen LogP contribution in [0.4, 0.5) is 4.39 Å². The average Bonchev–Trinajstić information content (AvgIpc) is 3.07. The van der Waals surface area contributed by atoms with Crippen LogP contribution >= 0.6 is 11.3 Å².